The van der Waals surface area contributed by atoms with Gasteiger partial charge in [0.05, 0.1) is 0 Å². The Morgan fingerprint density at radius 1 is 1.29 bits per heavy atom. The second-order valence-corrected chi connectivity index (χ2v) is 7.22. The summed E-state index contributed by atoms with van der Waals surface area (Å²) in [5, 5.41) is 2.66. The monoisotopic (exact) mass is 331 g/mol. The SMILES string of the molecule is CCN1CCC(=C(C)c2ccc(NC(=O)OC(C)(C)C)nc2)CC1. The van der Waals surface area contributed by atoms with Crippen molar-refractivity contribution in [2.75, 3.05) is 25.0 Å². The van der Waals surface area contributed by atoms with E-state index in [9.17, 15) is 4.79 Å². The minimum Gasteiger partial charge on any atom is -0.444 e. The Kier molecular flexibility index (Phi) is 5.99. The number of allylic oxidation sites excluding steroid dienone is 1. The molecule has 1 N–H and O–H groups in total. The maximum Gasteiger partial charge on any atom is 0.413 e. The summed E-state index contributed by atoms with van der Waals surface area (Å²) < 4.78 is 5.23. The molecule has 0 radical (unpaired) electrons. The van der Waals surface area contributed by atoms with Gasteiger partial charge in [-0.25, -0.2) is 9.78 Å². The summed E-state index contributed by atoms with van der Waals surface area (Å²) in [7, 11) is 0. The lowest BCUT2D eigenvalue weighted by Crippen LogP contribution is -2.30. The topological polar surface area (TPSA) is 54.5 Å². The van der Waals surface area contributed by atoms with Crippen LogP contribution in [0.2, 0.25) is 0 Å². The zero-order chi connectivity index (χ0) is 17.7. The molecule has 0 aromatic carbocycles. The highest BCUT2D eigenvalue weighted by Gasteiger charge is 2.17. The summed E-state index contributed by atoms with van der Waals surface area (Å²) in [5.41, 5.74) is 3.42. The second-order valence-electron chi connectivity index (χ2n) is 7.22. The number of aromatic nitrogens is 1. The Balaban J connectivity index is 2.00. The fraction of sp³-hybridized carbons (Fsp3) is 0.579. The van der Waals surface area contributed by atoms with E-state index in [4.69, 9.17) is 4.74 Å². The highest BCUT2D eigenvalue weighted by atomic mass is 16.6. The summed E-state index contributed by atoms with van der Waals surface area (Å²) in [6.07, 6.45) is 3.58. The summed E-state index contributed by atoms with van der Waals surface area (Å²) in [4.78, 5) is 18.6. The molecular formula is C19H29N3O2. The quantitative estimate of drug-likeness (QED) is 0.896. The lowest BCUT2D eigenvalue weighted by molar-refractivity contribution is 0.0635. The van der Waals surface area contributed by atoms with Gasteiger partial charge in [0, 0.05) is 19.3 Å². The molecule has 0 atom stereocenters. The number of nitrogens with one attached hydrogen (secondary N) is 1. The fourth-order valence-corrected chi connectivity index (χ4v) is 2.82. The van der Waals surface area contributed by atoms with Crippen LogP contribution in [-0.4, -0.2) is 41.2 Å². The molecule has 0 bridgehead atoms. The van der Waals surface area contributed by atoms with Crippen LogP contribution < -0.4 is 5.32 Å². The van der Waals surface area contributed by atoms with Gasteiger partial charge in [0.15, 0.2) is 0 Å². The Morgan fingerprint density at radius 3 is 2.46 bits per heavy atom. The van der Waals surface area contributed by atoms with Crippen molar-refractivity contribution in [3.8, 4) is 0 Å². The molecule has 5 nitrogen and oxygen atoms in total. The molecule has 0 unspecified atom stereocenters. The highest BCUT2D eigenvalue weighted by Crippen LogP contribution is 2.26. The average Bonchev–Trinajstić information content (AvgIpc) is 2.53. The van der Waals surface area contributed by atoms with Crippen molar-refractivity contribution < 1.29 is 9.53 Å². The van der Waals surface area contributed by atoms with Crippen molar-refractivity contribution >= 4 is 17.5 Å². The third-order valence-corrected chi connectivity index (χ3v) is 4.26. The van der Waals surface area contributed by atoms with E-state index >= 15 is 0 Å². The molecule has 1 fully saturated rings. The summed E-state index contributed by atoms with van der Waals surface area (Å²) in [5.74, 6) is 0.506. The van der Waals surface area contributed by atoms with Crippen LogP contribution in [-0.2, 0) is 4.74 Å². The highest BCUT2D eigenvalue weighted by molar-refractivity contribution is 5.83. The van der Waals surface area contributed by atoms with E-state index in [0.717, 1.165) is 38.0 Å². The maximum atomic E-state index is 11.8. The minimum atomic E-state index is -0.515. The number of nitrogens with zero attached hydrogens (tertiary/aromatic N) is 2. The van der Waals surface area contributed by atoms with Crippen LogP contribution >= 0.6 is 0 Å². The number of piperidine rings is 1. The average molecular weight is 331 g/mol. The van der Waals surface area contributed by atoms with Gasteiger partial charge in [-0.15, -0.1) is 0 Å². The fourth-order valence-electron chi connectivity index (χ4n) is 2.82. The van der Waals surface area contributed by atoms with E-state index in [1.54, 1.807) is 0 Å². The summed E-state index contributed by atoms with van der Waals surface area (Å²) in [6.45, 7) is 13.3. The Morgan fingerprint density at radius 2 is 1.96 bits per heavy atom. The Hall–Kier alpha value is -1.88. The number of amides is 1. The van der Waals surface area contributed by atoms with E-state index in [2.05, 4.69) is 29.0 Å². The molecule has 5 heteroatoms. The molecule has 24 heavy (non-hydrogen) atoms. The number of rotatable bonds is 3. The maximum absolute atomic E-state index is 11.8. The predicted molar refractivity (Wildman–Crippen MR) is 98.0 cm³/mol. The standard InChI is InChI=1S/C19H29N3O2/c1-6-22-11-9-15(10-12-22)14(2)16-7-8-17(20-13-16)21-18(23)24-19(3,4)5/h7-8,13H,6,9-12H2,1-5H3,(H,20,21,23). The summed E-state index contributed by atoms with van der Waals surface area (Å²) >= 11 is 0. The van der Waals surface area contributed by atoms with Gasteiger partial charge in [-0.1, -0.05) is 12.5 Å². The van der Waals surface area contributed by atoms with E-state index < -0.39 is 11.7 Å². The zero-order valence-corrected chi connectivity index (χ0v) is 15.5. The van der Waals surface area contributed by atoms with E-state index in [0.29, 0.717) is 5.82 Å². The van der Waals surface area contributed by atoms with Gasteiger partial charge in [0.25, 0.3) is 0 Å². The third kappa shape index (κ3) is 5.34. The number of ether oxygens (including phenoxy) is 1. The van der Waals surface area contributed by atoms with E-state index in [1.807, 2.05) is 39.1 Å². The number of carbonyl (C=O) groups excluding carboxylic acids is 1. The lowest BCUT2D eigenvalue weighted by atomic mass is 9.95. The number of hydrogen-bond donors (Lipinski definition) is 1. The molecule has 1 saturated heterocycles. The molecule has 0 saturated carbocycles. The van der Waals surface area contributed by atoms with E-state index in [-0.39, 0.29) is 0 Å². The van der Waals surface area contributed by atoms with Gasteiger partial charge in [0.2, 0.25) is 0 Å². The number of pyridine rings is 1. The Labute approximate surface area is 145 Å². The first-order valence-corrected chi connectivity index (χ1v) is 8.66. The smallest absolute Gasteiger partial charge is 0.413 e. The van der Waals surface area contributed by atoms with Gasteiger partial charge in [-0.2, -0.15) is 0 Å². The first-order valence-electron chi connectivity index (χ1n) is 8.66. The van der Waals surface area contributed by atoms with Gasteiger partial charge in [-0.05, 0) is 70.4 Å². The van der Waals surface area contributed by atoms with Crippen molar-refractivity contribution in [2.24, 2.45) is 0 Å². The van der Waals surface area contributed by atoms with Crippen molar-refractivity contribution in [3.05, 3.63) is 29.5 Å². The largest absolute Gasteiger partial charge is 0.444 e. The number of likely N-dealkylation sites (tertiary alicyclic amines) is 1. The number of anilines is 1. The zero-order valence-electron chi connectivity index (χ0n) is 15.5. The minimum absolute atomic E-state index is 0.482. The first-order chi connectivity index (χ1) is 11.3. The van der Waals surface area contributed by atoms with Crippen LogP contribution in [0.4, 0.5) is 10.6 Å². The van der Waals surface area contributed by atoms with Crippen LogP contribution in [0.1, 0.15) is 53.0 Å². The first kappa shape index (κ1) is 18.5. The molecule has 0 spiro atoms. The molecular weight excluding hydrogens is 302 g/mol. The van der Waals surface area contributed by atoms with Crippen molar-refractivity contribution in [1.29, 1.82) is 0 Å². The van der Waals surface area contributed by atoms with Crippen LogP contribution in [0.3, 0.4) is 0 Å². The van der Waals surface area contributed by atoms with Crippen LogP contribution in [0.25, 0.3) is 5.57 Å². The summed E-state index contributed by atoms with van der Waals surface area (Å²) in [6, 6.07) is 3.83. The molecule has 2 heterocycles. The van der Waals surface area contributed by atoms with Gasteiger partial charge < -0.3 is 9.64 Å². The molecule has 1 aromatic rings. The van der Waals surface area contributed by atoms with Gasteiger partial charge in [0.1, 0.15) is 11.4 Å². The van der Waals surface area contributed by atoms with Crippen molar-refractivity contribution in [3.63, 3.8) is 0 Å². The van der Waals surface area contributed by atoms with Crippen molar-refractivity contribution in [2.45, 2.75) is 53.1 Å². The number of hydrogen-bond acceptors (Lipinski definition) is 4. The third-order valence-electron chi connectivity index (χ3n) is 4.26. The molecule has 1 aromatic heterocycles. The normalized spacial score (nSPS) is 16.0. The lowest BCUT2D eigenvalue weighted by Gasteiger charge is -2.28. The molecule has 1 aliphatic rings. The second kappa shape index (κ2) is 7.79. The predicted octanol–water partition coefficient (Wildman–Crippen LogP) is 4.32. The molecule has 0 aliphatic carbocycles. The number of carbonyl (C=O) groups is 1. The van der Waals surface area contributed by atoms with Crippen LogP contribution in [0, 0.1) is 0 Å². The molecule has 2 rings (SSSR count). The Bertz CT molecular complexity index is 590. The van der Waals surface area contributed by atoms with Crippen molar-refractivity contribution in [1.82, 2.24) is 9.88 Å². The van der Waals surface area contributed by atoms with Gasteiger partial charge >= 0.3 is 6.09 Å². The van der Waals surface area contributed by atoms with Crippen LogP contribution in [0.5, 0.6) is 0 Å². The van der Waals surface area contributed by atoms with Crippen LogP contribution in [0.15, 0.2) is 23.9 Å². The van der Waals surface area contributed by atoms with E-state index in [1.165, 1.54) is 11.1 Å². The van der Waals surface area contributed by atoms with Gasteiger partial charge in [-0.3, -0.25) is 5.32 Å². The molecule has 1 aliphatic heterocycles. The molecule has 1 amide bonds. The molecule has 132 valence electrons.